The van der Waals surface area contributed by atoms with Gasteiger partial charge >= 0.3 is 0 Å². The van der Waals surface area contributed by atoms with Crippen molar-refractivity contribution in [2.75, 3.05) is 10.0 Å². The van der Waals surface area contributed by atoms with E-state index in [1.807, 2.05) is 0 Å². The van der Waals surface area contributed by atoms with Crippen molar-refractivity contribution < 1.29 is 13.2 Å². The van der Waals surface area contributed by atoms with E-state index in [1.165, 1.54) is 12.1 Å². The highest BCUT2D eigenvalue weighted by atomic mass is 32.2. The predicted octanol–water partition coefficient (Wildman–Crippen LogP) is 1.43. The van der Waals surface area contributed by atoms with Crippen LogP contribution in [0, 0.1) is 12.3 Å². The van der Waals surface area contributed by atoms with E-state index in [-0.39, 0.29) is 11.6 Å². The van der Waals surface area contributed by atoms with E-state index in [0.717, 1.165) is 6.42 Å². The number of hydrogen-bond acceptors (Lipinski definition) is 3. The third kappa shape index (κ3) is 6.78. The Labute approximate surface area is 118 Å². The fourth-order valence-corrected chi connectivity index (χ4v) is 2.02. The molecule has 0 bridgehead atoms. The van der Waals surface area contributed by atoms with Gasteiger partial charge in [-0.3, -0.25) is 9.52 Å². The molecule has 1 rings (SSSR count). The van der Waals surface area contributed by atoms with E-state index in [4.69, 9.17) is 11.6 Å². The number of terminal acetylenes is 1. The van der Waals surface area contributed by atoms with Crippen LogP contribution in [0.5, 0.6) is 0 Å². The third-order valence-corrected chi connectivity index (χ3v) is 2.90. The lowest BCUT2D eigenvalue weighted by molar-refractivity contribution is -0.116. The summed E-state index contributed by atoms with van der Waals surface area (Å²) in [7, 11) is -3.82. The standard InChI is InChI=1S/C13H17N3O3S/c1-2-3-4-5-9-13(17)15-11-7-6-8-12(10-11)16-20(14,18)19/h1,6-8,10,16H,3-5,9H2,(H,15,17)(H2,14,18,19). The van der Waals surface area contributed by atoms with Crippen LogP contribution in [-0.2, 0) is 15.0 Å². The van der Waals surface area contributed by atoms with Crippen LogP contribution in [-0.4, -0.2) is 14.3 Å². The number of unbranched alkanes of at least 4 members (excludes halogenated alkanes) is 2. The van der Waals surface area contributed by atoms with Crippen LogP contribution in [0.4, 0.5) is 11.4 Å². The molecule has 0 aliphatic rings. The van der Waals surface area contributed by atoms with Crippen molar-refractivity contribution in [1.82, 2.24) is 0 Å². The van der Waals surface area contributed by atoms with Crippen molar-refractivity contribution in [3.63, 3.8) is 0 Å². The molecule has 0 spiro atoms. The van der Waals surface area contributed by atoms with Gasteiger partial charge in [-0.2, -0.15) is 8.42 Å². The Bertz CT molecular complexity index is 606. The second-order valence-electron chi connectivity index (χ2n) is 4.19. The van der Waals surface area contributed by atoms with Gasteiger partial charge < -0.3 is 5.32 Å². The maximum Gasteiger partial charge on any atom is 0.296 e. The Morgan fingerprint density at radius 3 is 2.65 bits per heavy atom. The molecule has 4 N–H and O–H groups in total. The van der Waals surface area contributed by atoms with Gasteiger partial charge in [-0.15, -0.1) is 12.3 Å². The van der Waals surface area contributed by atoms with Gasteiger partial charge in [0.1, 0.15) is 0 Å². The van der Waals surface area contributed by atoms with Gasteiger partial charge in [-0.1, -0.05) is 6.07 Å². The van der Waals surface area contributed by atoms with E-state index in [1.54, 1.807) is 12.1 Å². The van der Waals surface area contributed by atoms with E-state index in [2.05, 4.69) is 16.0 Å². The summed E-state index contributed by atoms with van der Waals surface area (Å²) in [6.45, 7) is 0. The zero-order chi connectivity index (χ0) is 15.0. The zero-order valence-electron chi connectivity index (χ0n) is 10.9. The summed E-state index contributed by atoms with van der Waals surface area (Å²) in [5.74, 6) is 2.37. The summed E-state index contributed by atoms with van der Waals surface area (Å²) in [6, 6.07) is 6.30. The molecule has 108 valence electrons. The maximum atomic E-state index is 11.6. The summed E-state index contributed by atoms with van der Waals surface area (Å²) >= 11 is 0. The van der Waals surface area contributed by atoms with Gasteiger partial charge in [-0.25, -0.2) is 5.14 Å². The molecule has 0 fully saturated rings. The highest BCUT2D eigenvalue weighted by Gasteiger charge is 2.05. The Morgan fingerprint density at radius 1 is 1.30 bits per heavy atom. The first kappa shape index (κ1) is 16.0. The number of nitrogens with one attached hydrogen (secondary N) is 2. The molecule has 0 aliphatic carbocycles. The smallest absolute Gasteiger partial charge is 0.296 e. The second kappa shape index (κ2) is 7.53. The molecule has 1 aromatic rings. The number of carbonyl (C=O) groups excluding carboxylic acids is 1. The summed E-state index contributed by atoms with van der Waals surface area (Å²) < 4.78 is 23.9. The molecule has 0 heterocycles. The minimum atomic E-state index is -3.82. The first-order valence-electron chi connectivity index (χ1n) is 6.04. The lowest BCUT2D eigenvalue weighted by atomic mass is 10.2. The van der Waals surface area contributed by atoms with Crippen molar-refractivity contribution in [3.8, 4) is 12.3 Å². The fourth-order valence-electron chi connectivity index (χ4n) is 1.56. The summed E-state index contributed by atoms with van der Waals surface area (Å²) in [6.07, 6.45) is 7.66. The van der Waals surface area contributed by atoms with E-state index in [0.29, 0.717) is 24.9 Å². The molecule has 0 saturated carbocycles. The number of nitrogens with two attached hydrogens (primary N) is 1. The van der Waals surface area contributed by atoms with Crippen LogP contribution in [0.25, 0.3) is 0 Å². The highest BCUT2D eigenvalue weighted by molar-refractivity contribution is 7.90. The predicted molar refractivity (Wildman–Crippen MR) is 79.1 cm³/mol. The van der Waals surface area contributed by atoms with Crippen LogP contribution in [0.3, 0.4) is 0 Å². The molecular formula is C13H17N3O3S. The minimum Gasteiger partial charge on any atom is -0.326 e. The molecule has 20 heavy (non-hydrogen) atoms. The Morgan fingerprint density at radius 2 is 2.00 bits per heavy atom. The quantitative estimate of drug-likeness (QED) is 0.524. The molecule has 0 aliphatic heterocycles. The third-order valence-electron chi connectivity index (χ3n) is 2.38. The molecule has 0 atom stereocenters. The van der Waals surface area contributed by atoms with Gasteiger partial charge in [0.2, 0.25) is 5.91 Å². The Balaban J connectivity index is 2.54. The average molecular weight is 295 g/mol. The molecule has 7 heteroatoms. The van der Waals surface area contributed by atoms with Crippen molar-refractivity contribution >= 4 is 27.5 Å². The number of benzene rings is 1. The lowest BCUT2D eigenvalue weighted by Crippen LogP contribution is -2.21. The molecule has 1 aromatic carbocycles. The van der Waals surface area contributed by atoms with Gasteiger partial charge in [0.05, 0.1) is 5.69 Å². The molecule has 0 radical (unpaired) electrons. The van der Waals surface area contributed by atoms with Crippen LogP contribution in [0.2, 0.25) is 0 Å². The molecule has 0 saturated heterocycles. The molecule has 6 nitrogen and oxygen atoms in total. The van der Waals surface area contributed by atoms with Gasteiger partial charge in [0.25, 0.3) is 10.2 Å². The number of amides is 1. The lowest BCUT2D eigenvalue weighted by Gasteiger charge is -2.08. The summed E-state index contributed by atoms with van der Waals surface area (Å²) in [4.78, 5) is 11.6. The average Bonchev–Trinajstić information content (AvgIpc) is 2.33. The first-order valence-corrected chi connectivity index (χ1v) is 7.59. The topological polar surface area (TPSA) is 101 Å². The Kier molecular flexibility index (Phi) is 6.03. The van der Waals surface area contributed by atoms with Crippen LogP contribution in [0.15, 0.2) is 24.3 Å². The van der Waals surface area contributed by atoms with Crippen molar-refractivity contribution in [2.24, 2.45) is 5.14 Å². The summed E-state index contributed by atoms with van der Waals surface area (Å²) in [5.41, 5.74) is 0.790. The number of rotatable bonds is 7. The van der Waals surface area contributed by atoms with Gasteiger partial charge in [0, 0.05) is 18.5 Å². The van der Waals surface area contributed by atoms with E-state index >= 15 is 0 Å². The minimum absolute atomic E-state index is 0.144. The summed E-state index contributed by atoms with van der Waals surface area (Å²) in [5, 5.41) is 7.55. The monoisotopic (exact) mass is 295 g/mol. The number of hydrogen-bond donors (Lipinski definition) is 3. The van der Waals surface area contributed by atoms with Crippen molar-refractivity contribution in [2.45, 2.75) is 25.7 Å². The van der Waals surface area contributed by atoms with Crippen LogP contribution >= 0.6 is 0 Å². The zero-order valence-corrected chi connectivity index (χ0v) is 11.7. The largest absolute Gasteiger partial charge is 0.326 e. The second-order valence-corrected chi connectivity index (χ2v) is 5.48. The van der Waals surface area contributed by atoms with Crippen LogP contribution in [0.1, 0.15) is 25.7 Å². The molecule has 0 aromatic heterocycles. The number of carbonyl (C=O) groups is 1. The van der Waals surface area contributed by atoms with Gasteiger partial charge in [-0.05, 0) is 31.0 Å². The molecule has 1 amide bonds. The SMILES string of the molecule is C#CCCCCC(=O)Nc1cccc(NS(N)(=O)=O)c1. The van der Waals surface area contributed by atoms with Crippen molar-refractivity contribution in [1.29, 1.82) is 0 Å². The molecular weight excluding hydrogens is 278 g/mol. The first-order chi connectivity index (χ1) is 9.40. The van der Waals surface area contributed by atoms with Crippen molar-refractivity contribution in [3.05, 3.63) is 24.3 Å². The molecule has 0 unspecified atom stereocenters. The van der Waals surface area contributed by atoms with E-state index in [9.17, 15) is 13.2 Å². The Hall–Kier alpha value is -2.04. The van der Waals surface area contributed by atoms with Gasteiger partial charge in [0.15, 0.2) is 0 Å². The fraction of sp³-hybridized carbons (Fsp3) is 0.308. The van der Waals surface area contributed by atoms with Crippen LogP contribution < -0.4 is 15.2 Å². The normalized spacial score (nSPS) is 10.6. The number of anilines is 2. The highest BCUT2D eigenvalue weighted by Crippen LogP contribution is 2.16. The maximum absolute atomic E-state index is 11.6. The van der Waals surface area contributed by atoms with E-state index < -0.39 is 10.2 Å².